The third-order valence-corrected chi connectivity index (χ3v) is 3.21. The molecule has 0 aromatic carbocycles. The van der Waals surface area contributed by atoms with Crippen molar-refractivity contribution in [2.24, 2.45) is 16.6 Å². The maximum absolute atomic E-state index is 12.0. The third-order valence-electron chi connectivity index (χ3n) is 3.21. The van der Waals surface area contributed by atoms with Gasteiger partial charge in [0.05, 0.1) is 12.5 Å². The molecule has 0 bridgehead atoms. The standard InChI is InChI=1S/C15H27N3O2/c1-5-10-17-14(16)18-12-8-6-11(7-9-12)13(19)20-15(2,3)4/h5,11-12H,1,6-10H2,2-4H3,(H3,16,17,18). The Morgan fingerprint density at radius 1 is 1.40 bits per heavy atom. The summed E-state index contributed by atoms with van der Waals surface area (Å²) in [6.07, 6.45) is 5.19. The first kappa shape index (κ1) is 16.5. The van der Waals surface area contributed by atoms with Crippen LogP contribution in [-0.4, -0.2) is 30.1 Å². The molecule has 1 aliphatic carbocycles. The van der Waals surface area contributed by atoms with Gasteiger partial charge in [-0.2, -0.15) is 0 Å². The van der Waals surface area contributed by atoms with Crippen LogP contribution in [0, 0.1) is 5.92 Å². The highest BCUT2D eigenvalue weighted by atomic mass is 16.6. The van der Waals surface area contributed by atoms with E-state index in [1.165, 1.54) is 0 Å². The van der Waals surface area contributed by atoms with Crippen LogP contribution in [0.25, 0.3) is 0 Å². The van der Waals surface area contributed by atoms with Crippen LogP contribution in [0.1, 0.15) is 46.5 Å². The Morgan fingerprint density at radius 3 is 2.50 bits per heavy atom. The molecule has 1 aliphatic rings. The molecule has 0 aliphatic heterocycles. The van der Waals surface area contributed by atoms with Crippen molar-refractivity contribution >= 4 is 11.9 Å². The van der Waals surface area contributed by atoms with E-state index in [0.29, 0.717) is 18.5 Å². The van der Waals surface area contributed by atoms with Gasteiger partial charge in [0.1, 0.15) is 5.60 Å². The van der Waals surface area contributed by atoms with Crippen LogP contribution in [0.2, 0.25) is 0 Å². The van der Waals surface area contributed by atoms with E-state index in [0.717, 1.165) is 25.7 Å². The van der Waals surface area contributed by atoms with Crippen molar-refractivity contribution < 1.29 is 9.53 Å². The van der Waals surface area contributed by atoms with Crippen LogP contribution in [0.5, 0.6) is 0 Å². The average molecular weight is 281 g/mol. The molecular weight excluding hydrogens is 254 g/mol. The Kier molecular flexibility index (Phi) is 6.05. The molecule has 5 heteroatoms. The predicted octanol–water partition coefficient (Wildman–Crippen LogP) is 1.98. The highest BCUT2D eigenvalue weighted by molar-refractivity contribution is 5.78. The summed E-state index contributed by atoms with van der Waals surface area (Å²) in [6.45, 7) is 9.81. The zero-order chi connectivity index (χ0) is 15.2. The highest BCUT2D eigenvalue weighted by Gasteiger charge is 2.29. The summed E-state index contributed by atoms with van der Waals surface area (Å²) < 4.78 is 5.43. The Hall–Kier alpha value is -1.52. The number of rotatable bonds is 4. The summed E-state index contributed by atoms with van der Waals surface area (Å²) in [5.41, 5.74) is 5.36. The van der Waals surface area contributed by atoms with Crippen LogP contribution in [0.4, 0.5) is 0 Å². The number of hydrogen-bond donors (Lipinski definition) is 2. The number of carbonyl (C=O) groups excluding carboxylic acids is 1. The lowest BCUT2D eigenvalue weighted by Gasteiger charge is -2.30. The first-order valence-corrected chi connectivity index (χ1v) is 7.22. The van der Waals surface area contributed by atoms with E-state index in [2.05, 4.69) is 16.9 Å². The van der Waals surface area contributed by atoms with Gasteiger partial charge >= 0.3 is 5.97 Å². The largest absolute Gasteiger partial charge is 0.460 e. The lowest BCUT2D eigenvalue weighted by atomic mass is 9.86. The molecule has 0 spiro atoms. The van der Waals surface area contributed by atoms with Crippen molar-refractivity contribution in [1.29, 1.82) is 0 Å². The minimum absolute atomic E-state index is 0.0126. The number of nitrogens with one attached hydrogen (secondary N) is 1. The molecule has 3 N–H and O–H groups in total. The van der Waals surface area contributed by atoms with Crippen molar-refractivity contribution in [3.05, 3.63) is 12.7 Å². The fourth-order valence-corrected chi connectivity index (χ4v) is 2.28. The van der Waals surface area contributed by atoms with Crippen LogP contribution in [0.15, 0.2) is 17.6 Å². The number of esters is 1. The van der Waals surface area contributed by atoms with Crippen molar-refractivity contribution in [2.75, 3.05) is 6.54 Å². The number of carbonyl (C=O) groups is 1. The zero-order valence-corrected chi connectivity index (χ0v) is 12.8. The molecule has 114 valence electrons. The lowest BCUT2D eigenvalue weighted by Crippen LogP contribution is -2.43. The summed E-state index contributed by atoms with van der Waals surface area (Å²) in [5.74, 6) is 0.383. The fourth-order valence-electron chi connectivity index (χ4n) is 2.28. The second-order valence-corrected chi connectivity index (χ2v) is 6.24. The van der Waals surface area contributed by atoms with Crippen molar-refractivity contribution in [3.63, 3.8) is 0 Å². The summed E-state index contributed by atoms with van der Waals surface area (Å²) >= 11 is 0. The molecule has 1 rings (SSSR count). The van der Waals surface area contributed by atoms with Crippen LogP contribution in [-0.2, 0) is 9.53 Å². The fraction of sp³-hybridized carbons (Fsp3) is 0.733. The van der Waals surface area contributed by atoms with Crippen LogP contribution < -0.4 is 11.1 Å². The van der Waals surface area contributed by atoms with E-state index in [9.17, 15) is 4.79 Å². The molecule has 0 radical (unpaired) electrons. The normalized spacial score (nSPS) is 24.1. The molecule has 0 saturated heterocycles. The SMILES string of the molecule is C=CCN=C(N)NC1CCC(C(=O)OC(C)(C)C)CC1. The van der Waals surface area contributed by atoms with Gasteiger partial charge in [0.2, 0.25) is 0 Å². The maximum atomic E-state index is 12.0. The van der Waals surface area contributed by atoms with Gasteiger partial charge in [-0.3, -0.25) is 4.79 Å². The van der Waals surface area contributed by atoms with Gasteiger partial charge in [-0.1, -0.05) is 6.08 Å². The monoisotopic (exact) mass is 281 g/mol. The number of guanidine groups is 1. The number of nitrogens with zero attached hydrogens (tertiary/aromatic N) is 1. The Labute approximate surface area is 121 Å². The second-order valence-electron chi connectivity index (χ2n) is 6.24. The Balaban J connectivity index is 2.36. The van der Waals surface area contributed by atoms with E-state index in [1.807, 2.05) is 20.8 Å². The van der Waals surface area contributed by atoms with Gasteiger partial charge in [0, 0.05) is 6.04 Å². The second kappa shape index (κ2) is 7.31. The Bertz CT molecular complexity index is 364. The zero-order valence-electron chi connectivity index (χ0n) is 12.8. The molecule has 0 heterocycles. The molecule has 0 amide bonds. The van der Waals surface area contributed by atoms with Gasteiger partial charge in [-0.15, -0.1) is 6.58 Å². The smallest absolute Gasteiger partial charge is 0.309 e. The molecular formula is C15H27N3O2. The van der Waals surface area contributed by atoms with Crippen molar-refractivity contribution in [2.45, 2.75) is 58.1 Å². The molecule has 0 aromatic heterocycles. The van der Waals surface area contributed by atoms with Gasteiger partial charge in [-0.05, 0) is 46.5 Å². The average Bonchev–Trinajstić information content (AvgIpc) is 2.35. The summed E-state index contributed by atoms with van der Waals surface area (Å²) in [6, 6.07) is 0.294. The molecule has 0 aromatic rings. The first-order chi connectivity index (χ1) is 9.31. The molecule has 1 fully saturated rings. The number of hydrogen-bond acceptors (Lipinski definition) is 3. The van der Waals surface area contributed by atoms with E-state index >= 15 is 0 Å². The van der Waals surface area contributed by atoms with Crippen molar-refractivity contribution in [1.82, 2.24) is 5.32 Å². The third kappa shape index (κ3) is 6.08. The van der Waals surface area contributed by atoms with Crippen molar-refractivity contribution in [3.8, 4) is 0 Å². The van der Waals surface area contributed by atoms with Gasteiger partial charge < -0.3 is 15.8 Å². The van der Waals surface area contributed by atoms with Gasteiger partial charge in [-0.25, -0.2) is 4.99 Å². The molecule has 1 saturated carbocycles. The van der Waals surface area contributed by atoms with E-state index < -0.39 is 5.60 Å². The predicted molar refractivity (Wildman–Crippen MR) is 81.4 cm³/mol. The number of nitrogens with two attached hydrogens (primary N) is 1. The summed E-state index contributed by atoms with van der Waals surface area (Å²) in [7, 11) is 0. The summed E-state index contributed by atoms with van der Waals surface area (Å²) in [4.78, 5) is 16.1. The van der Waals surface area contributed by atoms with Gasteiger partial charge in [0.25, 0.3) is 0 Å². The highest BCUT2D eigenvalue weighted by Crippen LogP contribution is 2.26. The lowest BCUT2D eigenvalue weighted by molar-refractivity contribution is -0.161. The minimum atomic E-state index is -0.409. The quantitative estimate of drug-likeness (QED) is 0.357. The minimum Gasteiger partial charge on any atom is -0.460 e. The van der Waals surface area contributed by atoms with Gasteiger partial charge in [0.15, 0.2) is 5.96 Å². The molecule has 5 nitrogen and oxygen atoms in total. The van der Waals surface area contributed by atoms with E-state index in [4.69, 9.17) is 10.5 Å². The number of aliphatic imine (C=N–C) groups is 1. The summed E-state index contributed by atoms with van der Waals surface area (Å²) in [5, 5.41) is 3.19. The van der Waals surface area contributed by atoms with E-state index in [-0.39, 0.29) is 11.9 Å². The van der Waals surface area contributed by atoms with E-state index in [1.54, 1.807) is 6.08 Å². The Morgan fingerprint density at radius 2 is 2.00 bits per heavy atom. The maximum Gasteiger partial charge on any atom is 0.309 e. The molecule has 0 unspecified atom stereocenters. The van der Waals surface area contributed by atoms with Crippen LogP contribution >= 0.6 is 0 Å². The topological polar surface area (TPSA) is 76.7 Å². The van der Waals surface area contributed by atoms with Crippen LogP contribution in [0.3, 0.4) is 0 Å². The molecule has 0 atom stereocenters. The molecule has 20 heavy (non-hydrogen) atoms. The number of ether oxygens (including phenoxy) is 1. The first-order valence-electron chi connectivity index (χ1n) is 7.22.